The maximum absolute atomic E-state index is 12.6. The first-order chi connectivity index (χ1) is 11.4. The molecule has 0 aliphatic heterocycles. The highest BCUT2D eigenvalue weighted by Crippen LogP contribution is 2.42. The van der Waals surface area contributed by atoms with Crippen LogP contribution in [-0.2, 0) is 4.79 Å². The van der Waals surface area contributed by atoms with E-state index in [2.05, 4.69) is 25.8 Å². The van der Waals surface area contributed by atoms with Crippen LogP contribution in [0.2, 0.25) is 0 Å². The minimum atomic E-state index is 0.00352. The second kappa shape index (κ2) is 6.55. The molecule has 2 aromatic rings. The van der Waals surface area contributed by atoms with Crippen molar-refractivity contribution in [3.05, 3.63) is 35.5 Å². The number of para-hydroxylation sites is 1. The molecule has 4 nitrogen and oxygen atoms in total. The van der Waals surface area contributed by atoms with Crippen LogP contribution in [0.25, 0.3) is 10.2 Å². The molecule has 0 fully saturated rings. The number of ether oxygens (including phenoxy) is 1. The number of thiazole rings is 1. The Balaban J connectivity index is 1.68. The van der Waals surface area contributed by atoms with Crippen molar-refractivity contribution in [3.8, 4) is 5.19 Å². The van der Waals surface area contributed by atoms with Gasteiger partial charge in [0.05, 0.1) is 10.2 Å². The molecule has 1 heterocycles. The summed E-state index contributed by atoms with van der Waals surface area (Å²) in [5.74, 6) is 0.00352. The van der Waals surface area contributed by atoms with Crippen LogP contribution in [0.3, 0.4) is 0 Å². The molecule has 1 amide bonds. The zero-order chi connectivity index (χ0) is 17.3. The molecular weight excluding hydrogens is 320 g/mol. The third kappa shape index (κ3) is 3.46. The molecule has 1 aromatic heterocycles. The molecule has 0 radical (unpaired) electrons. The van der Waals surface area contributed by atoms with Crippen LogP contribution in [0.15, 0.2) is 35.5 Å². The Morgan fingerprint density at radius 1 is 1.33 bits per heavy atom. The van der Waals surface area contributed by atoms with E-state index < -0.39 is 0 Å². The average Bonchev–Trinajstić information content (AvgIpc) is 3.06. The number of benzene rings is 1. The van der Waals surface area contributed by atoms with Crippen molar-refractivity contribution < 1.29 is 9.53 Å². The lowest BCUT2D eigenvalue weighted by Crippen LogP contribution is -2.34. The molecule has 3 rings (SSSR count). The van der Waals surface area contributed by atoms with Crippen molar-refractivity contribution in [2.75, 3.05) is 13.2 Å². The third-order valence-corrected chi connectivity index (χ3v) is 5.37. The monoisotopic (exact) mass is 344 g/mol. The van der Waals surface area contributed by atoms with Gasteiger partial charge in [-0.1, -0.05) is 42.9 Å². The van der Waals surface area contributed by atoms with Crippen LogP contribution < -0.4 is 4.74 Å². The van der Waals surface area contributed by atoms with Crippen LogP contribution in [0.5, 0.6) is 5.19 Å². The van der Waals surface area contributed by atoms with Crippen molar-refractivity contribution in [3.63, 3.8) is 0 Å². The Morgan fingerprint density at radius 3 is 2.71 bits per heavy atom. The lowest BCUT2D eigenvalue weighted by Gasteiger charge is -2.25. The number of likely N-dealkylation sites (N-methyl/N-ethyl adjacent to an activating group) is 1. The molecule has 0 N–H and O–H groups in total. The van der Waals surface area contributed by atoms with Gasteiger partial charge >= 0.3 is 0 Å². The second-order valence-electron chi connectivity index (χ2n) is 7.12. The molecule has 1 aliphatic carbocycles. The fourth-order valence-corrected chi connectivity index (χ4v) is 4.26. The lowest BCUT2D eigenvalue weighted by atomic mass is 9.89. The van der Waals surface area contributed by atoms with E-state index in [1.165, 1.54) is 22.6 Å². The largest absolute Gasteiger partial charge is 0.460 e. The second-order valence-corrected chi connectivity index (χ2v) is 8.11. The predicted molar refractivity (Wildman–Crippen MR) is 98.2 cm³/mol. The third-order valence-electron chi connectivity index (χ3n) is 4.42. The summed E-state index contributed by atoms with van der Waals surface area (Å²) in [4.78, 5) is 18.9. The van der Waals surface area contributed by atoms with Gasteiger partial charge in [-0.15, -0.1) is 0 Å². The number of amides is 1. The highest BCUT2D eigenvalue weighted by atomic mass is 32.1. The average molecular weight is 344 g/mol. The number of aromatic nitrogens is 1. The standard InChI is InChI=1S/C19H24N2O2S/c1-5-21(15-11-19(3,4)10-13(15)2)17(22)12-23-18-20-14-8-6-7-9-16(14)24-18/h6-9H,5,10-12H2,1-4H3. The van der Waals surface area contributed by atoms with Gasteiger partial charge in [0.1, 0.15) is 0 Å². The molecule has 0 atom stereocenters. The summed E-state index contributed by atoms with van der Waals surface area (Å²) in [5.41, 5.74) is 3.63. The van der Waals surface area contributed by atoms with Gasteiger partial charge in [-0.2, -0.15) is 0 Å². The number of carbonyl (C=O) groups excluding carboxylic acids is 1. The van der Waals surface area contributed by atoms with Crippen LogP contribution >= 0.6 is 11.3 Å². The maximum atomic E-state index is 12.6. The summed E-state index contributed by atoms with van der Waals surface area (Å²) in [7, 11) is 0. The van der Waals surface area contributed by atoms with Gasteiger partial charge in [0.2, 0.25) is 0 Å². The highest BCUT2D eigenvalue weighted by Gasteiger charge is 2.32. The van der Waals surface area contributed by atoms with Crippen molar-refractivity contribution in [1.29, 1.82) is 0 Å². The molecule has 1 aromatic carbocycles. The number of carbonyl (C=O) groups is 1. The fraction of sp³-hybridized carbons (Fsp3) is 0.474. The van der Waals surface area contributed by atoms with E-state index >= 15 is 0 Å². The van der Waals surface area contributed by atoms with Gasteiger partial charge < -0.3 is 9.64 Å². The molecule has 0 spiro atoms. The van der Waals surface area contributed by atoms with Gasteiger partial charge in [0.15, 0.2) is 6.61 Å². The molecule has 0 bridgehead atoms. The fourth-order valence-electron chi connectivity index (χ4n) is 3.44. The number of hydrogen-bond donors (Lipinski definition) is 0. The van der Waals surface area contributed by atoms with Gasteiger partial charge in [-0.25, -0.2) is 4.98 Å². The Hall–Kier alpha value is -1.88. The first kappa shape index (κ1) is 17.0. The summed E-state index contributed by atoms with van der Waals surface area (Å²) >= 11 is 1.48. The molecule has 0 unspecified atom stereocenters. The topological polar surface area (TPSA) is 42.4 Å². The molecule has 1 aliphatic rings. The Bertz CT molecular complexity index is 759. The van der Waals surface area contributed by atoms with E-state index in [9.17, 15) is 4.79 Å². The maximum Gasteiger partial charge on any atom is 0.274 e. The van der Waals surface area contributed by atoms with Gasteiger partial charge in [-0.05, 0) is 44.2 Å². The van der Waals surface area contributed by atoms with Gasteiger partial charge in [0, 0.05) is 12.2 Å². The van der Waals surface area contributed by atoms with Crippen molar-refractivity contribution in [2.45, 2.75) is 40.5 Å². The van der Waals surface area contributed by atoms with Crippen molar-refractivity contribution >= 4 is 27.5 Å². The van der Waals surface area contributed by atoms with E-state index in [1.807, 2.05) is 36.1 Å². The molecular formula is C19H24N2O2S. The molecule has 5 heteroatoms. The Labute approximate surface area is 147 Å². The molecule has 0 saturated carbocycles. The lowest BCUT2D eigenvalue weighted by molar-refractivity contribution is -0.131. The van der Waals surface area contributed by atoms with Crippen molar-refractivity contribution in [1.82, 2.24) is 9.88 Å². The van der Waals surface area contributed by atoms with Crippen LogP contribution in [0.1, 0.15) is 40.5 Å². The smallest absolute Gasteiger partial charge is 0.274 e. The van der Waals surface area contributed by atoms with Gasteiger partial charge in [-0.3, -0.25) is 4.79 Å². The zero-order valence-electron chi connectivity index (χ0n) is 14.8. The number of rotatable bonds is 5. The summed E-state index contributed by atoms with van der Waals surface area (Å²) in [6, 6.07) is 7.89. The summed E-state index contributed by atoms with van der Waals surface area (Å²) < 4.78 is 6.75. The molecule has 0 saturated heterocycles. The first-order valence-electron chi connectivity index (χ1n) is 8.37. The summed E-state index contributed by atoms with van der Waals surface area (Å²) in [6.45, 7) is 9.35. The number of nitrogens with zero attached hydrogens (tertiary/aromatic N) is 2. The van der Waals surface area contributed by atoms with Gasteiger partial charge in [0.25, 0.3) is 11.1 Å². The Kier molecular flexibility index (Phi) is 4.63. The molecule has 128 valence electrons. The Morgan fingerprint density at radius 2 is 2.08 bits per heavy atom. The van der Waals surface area contributed by atoms with Crippen molar-refractivity contribution in [2.24, 2.45) is 5.41 Å². The number of allylic oxidation sites excluding steroid dienone is 2. The predicted octanol–water partition coefficient (Wildman–Crippen LogP) is 4.62. The van der Waals surface area contributed by atoms with E-state index in [-0.39, 0.29) is 17.9 Å². The SMILES string of the molecule is CCN(C(=O)COc1nc2ccccc2s1)C1=C(C)CC(C)(C)C1. The summed E-state index contributed by atoms with van der Waals surface area (Å²) in [6.07, 6.45) is 1.99. The van der Waals surface area contributed by atoms with Crippen LogP contribution in [-0.4, -0.2) is 28.9 Å². The van der Waals surface area contributed by atoms with Crippen LogP contribution in [0.4, 0.5) is 0 Å². The first-order valence-corrected chi connectivity index (χ1v) is 9.18. The highest BCUT2D eigenvalue weighted by molar-refractivity contribution is 7.20. The van der Waals surface area contributed by atoms with E-state index in [4.69, 9.17) is 4.74 Å². The quantitative estimate of drug-likeness (QED) is 0.795. The van der Waals surface area contributed by atoms with E-state index in [0.29, 0.717) is 11.7 Å². The van der Waals surface area contributed by atoms with Crippen LogP contribution in [0, 0.1) is 5.41 Å². The van der Waals surface area contributed by atoms with E-state index in [1.54, 1.807) is 0 Å². The summed E-state index contributed by atoms with van der Waals surface area (Å²) in [5, 5.41) is 0.554. The number of hydrogen-bond acceptors (Lipinski definition) is 4. The minimum absolute atomic E-state index is 0.00352. The normalized spacial score (nSPS) is 16.7. The molecule has 24 heavy (non-hydrogen) atoms. The number of fused-ring (bicyclic) bond motifs is 1. The zero-order valence-corrected chi connectivity index (χ0v) is 15.6. The minimum Gasteiger partial charge on any atom is -0.460 e. The van der Waals surface area contributed by atoms with E-state index in [0.717, 1.165) is 23.1 Å².